The van der Waals surface area contributed by atoms with Gasteiger partial charge in [-0.2, -0.15) is 5.10 Å². The van der Waals surface area contributed by atoms with Crippen LogP contribution >= 0.6 is 11.6 Å². The Labute approximate surface area is 117 Å². The number of benzene rings is 1. The van der Waals surface area contributed by atoms with Gasteiger partial charge in [0.05, 0.1) is 5.69 Å². The topological polar surface area (TPSA) is 57.9 Å². The number of anilines is 1. The summed E-state index contributed by atoms with van der Waals surface area (Å²) in [5.74, 6) is 1.01. The third-order valence-electron chi connectivity index (χ3n) is 3.64. The Kier molecular flexibility index (Phi) is 3.21. The number of nitrogens with one attached hydrogen (secondary N) is 1. The lowest BCUT2D eigenvalue weighted by Crippen LogP contribution is -2.26. The Morgan fingerprint density at radius 2 is 2.11 bits per heavy atom. The van der Waals surface area contributed by atoms with E-state index in [0.29, 0.717) is 0 Å². The summed E-state index contributed by atoms with van der Waals surface area (Å²) in [5.41, 5.74) is 9.27. The first-order valence-corrected chi connectivity index (χ1v) is 6.84. The third-order valence-corrected chi connectivity index (χ3v) is 3.89. The molecule has 1 unspecified atom stereocenters. The SMILES string of the molecule is Cc1c(N2CCC(N)C2)n[nH]c1-c1ccc(Cl)cc1. The van der Waals surface area contributed by atoms with Crippen molar-refractivity contribution < 1.29 is 0 Å². The van der Waals surface area contributed by atoms with Gasteiger partial charge in [0, 0.05) is 29.7 Å². The molecule has 4 nitrogen and oxygen atoms in total. The van der Waals surface area contributed by atoms with Crippen molar-refractivity contribution in [2.45, 2.75) is 19.4 Å². The molecule has 100 valence electrons. The predicted octanol–water partition coefficient (Wildman–Crippen LogP) is 2.58. The van der Waals surface area contributed by atoms with Crippen LogP contribution < -0.4 is 10.6 Å². The molecular weight excluding hydrogens is 260 g/mol. The Hall–Kier alpha value is -1.52. The second-order valence-electron chi connectivity index (χ2n) is 5.05. The van der Waals surface area contributed by atoms with Crippen LogP contribution in [0.15, 0.2) is 24.3 Å². The molecule has 3 rings (SSSR count). The van der Waals surface area contributed by atoms with Crippen molar-refractivity contribution >= 4 is 17.4 Å². The molecule has 2 heterocycles. The number of H-pyrrole nitrogens is 1. The molecule has 1 aromatic heterocycles. The molecule has 1 fully saturated rings. The van der Waals surface area contributed by atoms with E-state index in [1.165, 1.54) is 0 Å². The van der Waals surface area contributed by atoms with Crippen molar-refractivity contribution in [1.82, 2.24) is 10.2 Å². The van der Waals surface area contributed by atoms with Gasteiger partial charge in [-0.25, -0.2) is 0 Å². The van der Waals surface area contributed by atoms with E-state index in [-0.39, 0.29) is 6.04 Å². The Morgan fingerprint density at radius 1 is 1.37 bits per heavy atom. The van der Waals surface area contributed by atoms with Gasteiger partial charge in [0.25, 0.3) is 0 Å². The molecular formula is C14H17ClN4. The minimum Gasteiger partial charge on any atom is -0.353 e. The number of aromatic nitrogens is 2. The largest absolute Gasteiger partial charge is 0.353 e. The Morgan fingerprint density at radius 3 is 2.74 bits per heavy atom. The molecule has 2 aromatic rings. The van der Waals surface area contributed by atoms with Crippen molar-refractivity contribution in [3.8, 4) is 11.3 Å². The fourth-order valence-corrected chi connectivity index (χ4v) is 2.70. The molecule has 1 saturated heterocycles. The summed E-state index contributed by atoms with van der Waals surface area (Å²) in [4.78, 5) is 2.25. The highest BCUT2D eigenvalue weighted by molar-refractivity contribution is 6.30. The van der Waals surface area contributed by atoms with Crippen LogP contribution in [0.1, 0.15) is 12.0 Å². The summed E-state index contributed by atoms with van der Waals surface area (Å²) >= 11 is 5.92. The normalized spacial score (nSPS) is 19.1. The summed E-state index contributed by atoms with van der Waals surface area (Å²) < 4.78 is 0. The standard InChI is InChI=1S/C14H17ClN4/c1-9-13(10-2-4-11(15)5-3-10)17-18-14(9)19-7-6-12(16)8-19/h2-5,12H,6-8,16H2,1H3,(H,17,18). The first kappa shape index (κ1) is 12.5. The van der Waals surface area contributed by atoms with E-state index >= 15 is 0 Å². The van der Waals surface area contributed by atoms with Gasteiger partial charge >= 0.3 is 0 Å². The number of nitrogens with two attached hydrogens (primary N) is 1. The lowest BCUT2D eigenvalue weighted by atomic mass is 10.1. The van der Waals surface area contributed by atoms with Crippen LogP contribution in [0.5, 0.6) is 0 Å². The van der Waals surface area contributed by atoms with E-state index in [0.717, 1.165) is 47.2 Å². The maximum absolute atomic E-state index is 5.95. The first-order chi connectivity index (χ1) is 9.15. The van der Waals surface area contributed by atoms with Crippen molar-refractivity contribution in [2.24, 2.45) is 5.73 Å². The molecule has 5 heteroatoms. The number of nitrogens with zero attached hydrogens (tertiary/aromatic N) is 2. The highest BCUT2D eigenvalue weighted by Crippen LogP contribution is 2.30. The quantitative estimate of drug-likeness (QED) is 0.886. The number of rotatable bonds is 2. The summed E-state index contributed by atoms with van der Waals surface area (Å²) in [7, 11) is 0. The molecule has 0 saturated carbocycles. The number of hydrogen-bond donors (Lipinski definition) is 2. The van der Waals surface area contributed by atoms with Gasteiger partial charge in [-0.15, -0.1) is 0 Å². The molecule has 0 aliphatic carbocycles. The molecule has 0 spiro atoms. The number of halogens is 1. The predicted molar refractivity (Wildman–Crippen MR) is 78.6 cm³/mol. The van der Waals surface area contributed by atoms with Crippen LogP contribution in [0.3, 0.4) is 0 Å². The van der Waals surface area contributed by atoms with Crippen molar-refractivity contribution in [3.63, 3.8) is 0 Å². The molecule has 0 bridgehead atoms. The molecule has 19 heavy (non-hydrogen) atoms. The molecule has 1 aliphatic rings. The van der Waals surface area contributed by atoms with Gasteiger partial charge < -0.3 is 10.6 Å². The lowest BCUT2D eigenvalue weighted by molar-refractivity contribution is 0.751. The van der Waals surface area contributed by atoms with Gasteiger partial charge in [-0.3, -0.25) is 5.10 Å². The fourth-order valence-electron chi connectivity index (χ4n) is 2.57. The van der Waals surface area contributed by atoms with Gasteiger partial charge in [0.15, 0.2) is 5.82 Å². The van der Waals surface area contributed by atoms with Crippen LogP contribution in [0.2, 0.25) is 5.02 Å². The van der Waals surface area contributed by atoms with E-state index in [4.69, 9.17) is 17.3 Å². The van der Waals surface area contributed by atoms with E-state index in [2.05, 4.69) is 22.0 Å². The van der Waals surface area contributed by atoms with Crippen LogP contribution in [0.25, 0.3) is 11.3 Å². The maximum atomic E-state index is 5.95. The van der Waals surface area contributed by atoms with Gasteiger partial charge in [-0.1, -0.05) is 23.7 Å². The van der Waals surface area contributed by atoms with Gasteiger partial charge in [-0.05, 0) is 31.0 Å². The van der Waals surface area contributed by atoms with E-state index in [1.54, 1.807) is 0 Å². The van der Waals surface area contributed by atoms with Crippen molar-refractivity contribution in [3.05, 3.63) is 34.9 Å². The lowest BCUT2D eigenvalue weighted by Gasteiger charge is -2.15. The minimum absolute atomic E-state index is 0.259. The fraction of sp³-hybridized carbons (Fsp3) is 0.357. The van der Waals surface area contributed by atoms with Crippen LogP contribution in [0, 0.1) is 6.92 Å². The van der Waals surface area contributed by atoms with Gasteiger partial charge in [0.1, 0.15) is 0 Å². The summed E-state index contributed by atoms with van der Waals surface area (Å²) in [5, 5.41) is 8.31. The smallest absolute Gasteiger partial charge is 0.153 e. The maximum Gasteiger partial charge on any atom is 0.153 e. The zero-order valence-electron chi connectivity index (χ0n) is 10.9. The minimum atomic E-state index is 0.259. The third kappa shape index (κ3) is 2.33. The van der Waals surface area contributed by atoms with Crippen LogP contribution in [-0.2, 0) is 0 Å². The average molecular weight is 277 g/mol. The Balaban J connectivity index is 1.92. The van der Waals surface area contributed by atoms with Gasteiger partial charge in [0.2, 0.25) is 0 Å². The molecule has 1 atom stereocenters. The van der Waals surface area contributed by atoms with E-state index in [1.807, 2.05) is 24.3 Å². The van der Waals surface area contributed by atoms with Crippen LogP contribution in [0.4, 0.5) is 5.82 Å². The number of aromatic amines is 1. The molecule has 1 aromatic carbocycles. The van der Waals surface area contributed by atoms with Crippen LogP contribution in [-0.4, -0.2) is 29.3 Å². The van der Waals surface area contributed by atoms with Crippen molar-refractivity contribution in [1.29, 1.82) is 0 Å². The monoisotopic (exact) mass is 276 g/mol. The highest BCUT2D eigenvalue weighted by atomic mass is 35.5. The second kappa shape index (κ2) is 4.87. The van der Waals surface area contributed by atoms with E-state index in [9.17, 15) is 0 Å². The zero-order chi connectivity index (χ0) is 13.4. The molecule has 0 amide bonds. The highest BCUT2D eigenvalue weighted by Gasteiger charge is 2.23. The summed E-state index contributed by atoms with van der Waals surface area (Å²) in [6, 6.07) is 8.05. The molecule has 1 aliphatic heterocycles. The first-order valence-electron chi connectivity index (χ1n) is 6.46. The molecule has 0 radical (unpaired) electrons. The summed E-state index contributed by atoms with van der Waals surface area (Å²) in [6.45, 7) is 3.95. The van der Waals surface area contributed by atoms with Crippen molar-refractivity contribution in [2.75, 3.05) is 18.0 Å². The Bertz CT molecular complexity index is 576. The second-order valence-corrected chi connectivity index (χ2v) is 5.49. The van der Waals surface area contributed by atoms with E-state index < -0.39 is 0 Å². The average Bonchev–Trinajstić information content (AvgIpc) is 2.97. The molecule has 3 N–H and O–H groups in total. The number of hydrogen-bond acceptors (Lipinski definition) is 3. The summed E-state index contributed by atoms with van der Waals surface area (Å²) in [6.07, 6.45) is 1.03. The zero-order valence-corrected chi connectivity index (χ0v) is 11.6.